The number of rotatable bonds is 4. The lowest BCUT2D eigenvalue weighted by Crippen LogP contribution is -2.06. The molecule has 0 bridgehead atoms. The summed E-state index contributed by atoms with van der Waals surface area (Å²) in [6.45, 7) is 1.72. The van der Waals surface area contributed by atoms with E-state index in [0.29, 0.717) is 0 Å². The lowest BCUT2D eigenvalue weighted by Gasteiger charge is -2.03. The summed E-state index contributed by atoms with van der Waals surface area (Å²) < 4.78 is 0. The fourth-order valence-electron chi connectivity index (χ4n) is 1.87. The molecule has 3 N–H and O–H groups in total. The molecule has 0 amide bonds. The summed E-state index contributed by atoms with van der Waals surface area (Å²) >= 11 is 0. The van der Waals surface area contributed by atoms with E-state index in [9.17, 15) is 9.59 Å². The molecule has 0 atom stereocenters. The van der Waals surface area contributed by atoms with Crippen LogP contribution in [0.15, 0.2) is 48.5 Å². The summed E-state index contributed by atoms with van der Waals surface area (Å²) in [5.74, 6) is -2.22. The molecule has 0 unspecified atom stereocenters. The molecule has 5 heteroatoms. The van der Waals surface area contributed by atoms with Crippen LogP contribution in [0.2, 0.25) is 0 Å². The molecule has 0 saturated heterocycles. The molecule has 0 aromatic heterocycles. The van der Waals surface area contributed by atoms with Crippen molar-refractivity contribution in [3.63, 3.8) is 0 Å². The highest BCUT2D eigenvalue weighted by Gasteiger charge is 2.13. The van der Waals surface area contributed by atoms with Crippen molar-refractivity contribution in [3.05, 3.63) is 70.8 Å². The summed E-state index contributed by atoms with van der Waals surface area (Å²) in [4.78, 5) is 21.2. The molecule has 2 rings (SSSR count). The summed E-state index contributed by atoms with van der Waals surface area (Å²) in [6, 6.07) is 14.1. The van der Waals surface area contributed by atoms with Crippen LogP contribution in [0.4, 0.5) is 0 Å². The van der Waals surface area contributed by atoms with Crippen LogP contribution in [0, 0.1) is 6.92 Å². The van der Waals surface area contributed by atoms with E-state index < -0.39 is 11.9 Å². The average Bonchev–Trinajstić information content (AvgIpc) is 2.49. The summed E-state index contributed by atoms with van der Waals surface area (Å²) in [6.07, 6.45) is 0.765. The lowest BCUT2D eigenvalue weighted by atomic mass is 10.0. The third kappa shape index (κ3) is 5.03. The molecule has 116 valence electrons. The van der Waals surface area contributed by atoms with Gasteiger partial charge in [0.15, 0.2) is 0 Å². The van der Waals surface area contributed by atoms with Gasteiger partial charge >= 0.3 is 11.9 Å². The number of carboxylic acid groups (broad SMARTS) is 2. The maximum absolute atomic E-state index is 10.6. The van der Waals surface area contributed by atoms with Gasteiger partial charge in [-0.1, -0.05) is 36.4 Å². The number of carbonyl (C=O) groups is 2. The standard InChI is InChI=1S/C9H8O4.C8H10O/c1-5-6(8(10)11)3-2-4-7(5)9(12)13;9-7-6-8-4-2-1-3-5-8/h2-4H,1H3,(H,10,11)(H,12,13);1-5,9H,6-7H2. The first-order valence-electron chi connectivity index (χ1n) is 6.68. The zero-order valence-corrected chi connectivity index (χ0v) is 12.2. The van der Waals surface area contributed by atoms with Gasteiger partial charge in [0.25, 0.3) is 0 Å². The highest BCUT2D eigenvalue weighted by atomic mass is 16.4. The Bertz CT molecular complexity index is 603. The van der Waals surface area contributed by atoms with Gasteiger partial charge in [0.1, 0.15) is 0 Å². The van der Waals surface area contributed by atoms with Crippen molar-refractivity contribution in [3.8, 4) is 0 Å². The molecule has 22 heavy (non-hydrogen) atoms. The minimum atomic E-state index is -1.11. The molecule has 0 aliphatic rings. The minimum absolute atomic E-state index is 0.0277. The van der Waals surface area contributed by atoms with Crippen LogP contribution in [0.5, 0.6) is 0 Å². The van der Waals surface area contributed by atoms with Gasteiger partial charge in [-0.3, -0.25) is 0 Å². The summed E-state index contributed by atoms with van der Waals surface area (Å²) in [5, 5.41) is 25.9. The number of aliphatic hydroxyl groups is 1. The molecule has 0 saturated carbocycles. The summed E-state index contributed by atoms with van der Waals surface area (Å²) in [7, 11) is 0. The molecule has 0 aliphatic carbocycles. The van der Waals surface area contributed by atoms with E-state index >= 15 is 0 Å². The van der Waals surface area contributed by atoms with Gasteiger partial charge in [0.2, 0.25) is 0 Å². The molecule has 5 nitrogen and oxygen atoms in total. The maximum Gasteiger partial charge on any atom is 0.335 e. The van der Waals surface area contributed by atoms with Gasteiger partial charge in [-0.15, -0.1) is 0 Å². The Morgan fingerprint density at radius 2 is 1.36 bits per heavy atom. The van der Waals surface area contributed by atoms with Gasteiger partial charge in [-0.05, 0) is 36.6 Å². The largest absolute Gasteiger partial charge is 0.478 e. The fraction of sp³-hybridized carbons (Fsp3) is 0.176. The van der Waals surface area contributed by atoms with Crippen LogP contribution >= 0.6 is 0 Å². The Labute approximate surface area is 128 Å². The fourth-order valence-corrected chi connectivity index (χ4v) is 1.87. The van der Waals surface area contributed by atoms with Crippen molar-refractivity contribution in [2.75, 3.05) is 6.61 Å². The van der Waals surface area contributed by atoms with E-state index in [1.54, 1.807) is 0 Å². The molecular formula is C17H18O5. The number of hydrogen-bond acceptors (Lipinski definition) is 3. The Balaban J connectivity index is 0.000000235. The van der Waals surface area contributed by atoms with E-state index in [-0.39, 0.29) is 23.3 Å². The molecule has 0 fully saturated rings. The van der Waals surface area contributed by atoms with Crippen LogP contribution in [-0.4, -0.2) is 33.9 Å². The molecule has 0 heterocycles. The minimum Gasteiger partial charge on any atom is -0.478 e. The maximum atomic E-state index is 10.6. The normalized spacial score (nSPS) is 9.55. The number of carboxylic acids is 2. The topological polar surface area (TPSA) is 94.8 Å². The average molecular weight is 302 g/mol. The van der Waals surface area contributed by atoms with E-state index in [1.807, 2.05) is 30.3 Å². The monoisotopic (exact) mass is 302 g/mol. The van der Waals surface area contributed by atoms with E-state index in [4.69, 9.17) is 15.3 Å². The third-order valence-corrected chi connectivity index (χ3v) is 3.04. The molecule has 0 radical (unpaired) electrons. The Kier molecular flexibility index (Phi) is 6.79. The first kappa shape index (κ1) is 17.4. The number of benzene rings is 2. The van der Waals surface area contributed by atoms with Gasteiger partial charge in [0, 0.05) is 6.61 Å². The Hall–Kier alpha value is -2.66. The second-order valence-corrected chi connectivity index (χ2v) is 4.55. The second kappa shape index (κ2) is 8.59. The van der Waals surface area contributed by atoms with Crippen molar-refractivity contribution < 1.29 is 24.9 Å². The van der Waals surface area contributed by atoms with Crippen LogP contribution in [0.25, 0.3) is 0 Å². The number of hydrogen-bond donors (Lipinski definition) is 3. The Morgan fingerprint density at radius 3 is 1.77 bits per heavy atom. The first-order valence-corrected chi connectivity index (χ1v) is 6.68. The molecule has 2 aromatic rings. The van der Waals surface area contributed by atoms with Crippen LogP contribution in [0.1, 0.15) is 31.8 Å². The van der Waals surface area contributed by atoms with Crippen LogP contribution < -0.4 is 0 Å². The van der Waals surface area contributed by atoms with Crippen molar-refractivity contribution >= 4 is 11.9 Å². The second-order valence-electron chi connectivity index (χ2n) is 4.55. The first-order chi connectivity index (χ1) is 10.5. The molecular weight excluding hydrogens is 284 g/mol. The van der Waals surface area contributed by atoms with E-state index in [2.05, 4.69) is 0 Å². The van der Waals surface area contributed by atoms with Crippen molar-refractivity contribution in [2.45, 2.75) is 13.3 Å². The molecule has 2 aromatic carbocycles. The highest BCUT2D eigenvalue weighted by Crippen LogP contribution is 2.13. The van der Waals surface area contributed by atoms with Crippen molar-refractivity contribution in [2.24, 2.45) is 0 Å². The Morgan fingerprint density at radius 1 is 0.864 bits per heavy atom. The predicted molar refractivity (Wildman–Crippen MR) is 82.3 cm³/mol. The molecule has 0 aliphatic heterocycles. The van der Waals surface area contributed by atoms with Gasteiger partial charge < -0.3 is 15.3 Å². The van der Waals surface area contributed by atoms with Crippen LogP contribution in [-0.2, 0) is 6.42 Å². The predicted octanol–water partition coefficient (Wildman–Crippen LogP) is 2.61. The number of aliphatic hydroxyl groups excluding tert-OH is 1. The van der Waals surface area contributed by atoms with Gasteiger partial charge in [-0.2, -0.15) is 0 Å². The number of aromatic carboxylic acids is 2. The zero-order chi connectivity index (χ0) is 16.5. The third-order valence-electron chi connectivity index (χ3n) is 3.04. The van der Waals surface area contributed by atoms with Gasteiger partial charge in [0.05, 0.1) is 11.1 Å². The smallest absolute Gasteiger partial charge is 0.335 e. The van der Waals surface area contributed by atoms with E-state index in [0.717, 1.165) is 6.42 Å². The SMILES string of the molecule is Cc1c(C(=O)O)cccc1C(=O)O.OCCc1ccccc1. The lowest BCUT2D eigenvalue weighted by molar-refractivity contribution is 0.0696. The molecule has 0 spiro atoms. The van der Waals surface area contributed by atoms with Gasteiger partial charge in [-0.25, -0.2) is 9.59 Å². The van der Waals surface area contributed by atoms with Crippen molar-refractivity contribution in [1.82, 2.24) is 0 Å². The van der Waals surface area contributed by atoms with E-state index in [1.165, 1.54) is 30.7 Å². The zero-order valence-electron chi connectivity index (χ0n) is 12.2. The van der Waals surface area contributed by atoms with Crippen molar-refractivity contribution in [1.29, 1.82) is 0 Å². The summed E-state index contributed by atoms with van der Waals surface area (Å²) in [5.41, 5.74) is 1.53. The highest BCUT2D eigenvalue weighted by molar-refractivity contribution is 5.96. The van der Waals surface area contributed by atoms with Crippen LogP contribution in [0.3, 0.4) is 0 Å². The quantitative estimate of drug-likeness (QED) is 0.807.